The van der Waals surface area contributed by atoms with E-state index in [1.165, 1.54) is 0 Å². The molecule has 0 bridgehead atoms. The van der Waals surface area contributed by atoms with Crippen LogP contribution in [-0.2, 0) is 0 Å². The zero-order valence-electron chi connectivity index (χ0n) is 8.89. The molecule has 0 aliphatic rings. The number of imidazole rings is 1. The molecule has 5 nitrogen and oxygen atoms in total. The first kappa shape index (κ1) is 11.3. The Morgan fingerprint density at radius 2 is 2.38 bits per heavy atom. The fourth-order valence-electron chi connectivity index (χ4n) is 1.61. The maximum absolute atomic E-state index is 9.93. The standard InChI is InChI=1S/C10H13ClN4O/c1-6-4-13-10-14-9(11)8(15(10)5-6)7(16)2-3-12/h4-5,7,16H,2-3,12H2,1H3. The molecule has 2 aromatic heterocycles. The molecule has 2 heterocycles. The van der Waals surface area contributed by atoms with Crippen molar-refractivity contribution in [3.63, 3.8) is 0 Å². The summed E-state index contributed by atoms with van der Waals surface area (Å²) in [6.45, 7) is 2.31. The summed E-state index contributed by atoms with van der Waals surface area (Å²) in [4.78, 5) is 8.20. The average Bonchev–Trinajstić information content (AvgIpc) is 2.53. The molecule has 0 spiro atoms. The highest BCUT2D eigenvalue weighted by Crippen LogP contribution is 2.25. The van der Waals surface area contributed by atoms with E-state index in [4.69, 9.17) is 17.3 Å². The number of aliphatic hydroxyl groups is 1. The van der Waals surface area contributed by atoms with Crippen LogP contribution in [-0.4, -0.2) is 26.0 Å². The van der Waals surface area contributed by atoms with Crippen molar-refractivity contribution in [1.82, 2.24) is 14.4 Å². The van der Waals surface area contributed by atoms with E-state index in [9.17, 15) is 5.11 Å². The molecule has 0 aliphatic carbocycles. The van der Waals surface area contributed by atoms with Gasteiger partial charge >= 0.3 is 0 Å². The minimum absolute atomic E-state index is 0.277. The van der Waals surface area contributed by atoms with Crippen LogP contribution in [0.5, 0.6) is 0 Å². The number of hydrogen-bond acceptors (Lipinski definition) is 4. The van der Waals surface area contributed by atoms with E-state index in [1.807, 2.05) is 13.1 Å². The average molecular weight is 241 g/mol. The molecule has 3 N–H and O–H groups in total. The van der Waals surface area contributed by atoms with Crippen molar-refractivity contribution in [3.05, 3.63) is 28.8 Å². The fraction of sp³-hybridized carbons (Fsp3) is 0.400. The van der Waals surface area contributed by atoms with E-state index >= 15 is 0 Å². The lowest BCUT2D eigenvalue weighted by Crippen LogP contribution is -2.09. The van der Waals surface area contributed by atoms with Crippen LogP contribution in [0.3, 0.4) is 0 Å². The van der Waals surface area contributed by atoms with Crippen LogP contribution in [0.1, 0.15) is 23.8 Å². The molecular weight excluding hydrogens is 228 g/mol. The maximum Gasteiger partial charge on any atom is 0.235 e. The van der Waals surface area contributed by atoms with Gasteiger partial charge in [0.1, 0.15) is 0 Å². The van der Waals surface area contributed by atoms with E-state index in [1.54, 1.807) is 10.6 Å². The van der Waals surface area contributed by atoms with Gasteiger partial charge in [-0.25, -0.2) is 4.98 Å². The van der Waals surface area contributed by atoms with E-state index < -0.39 is 6.10 Å². The van der Waals surface area contributed by atoms with Crippen molar-refractivity contribution < 1.29 is 5.11 Å². The van der Waals surface area contributed by atoms with Crippen LogP contribution in [0.25, 0.3) is 5.78 Å². The molecule has 6 heteroatoms. The second kappa shape index (κ2) is 4.37. The molecule has 0 aromatic carbocycles. The van der Waals surface area contributed by atoms with Gasteiger partial charge in [0, 0.05) is 12.4 Å². The van der Waals surface area contributed by atoms with Gasteiger partial charge in [0.2, 0.25) is 5.78 Å². The third kappa shape index (κ3) is 1.89. The van der Waals surface area contributed by atoms with Crippen molar-refractivity contribution in [2.75, 3.05) is 6.54 Å². The molecule has 1 unspecified atom stereocenters. The van der Waals surface area contributed by atoms with E-state index in [0.717, 1.165) is 5.56 Å². The smallest absolute Gasteiger partial charge is 0.235 e. The van der Waals surface area contributed by atoms with Gasteiger partial charge in [-0.3, -0.25) is 4.40 Å². The SMILES string of the molecule is Cc1cnc2nc(Cl)c(C(O)CCN)n2c1. The van der Waals surface area contributed by atoms with Crippen molar-refractivity contribution in [1.29, 1.82) is 0 Å². The quantitative estimate of drug-likeness (QED) is 0.842. The molecule has 2 rings (SSSR count). The molecular formula is C10H13ClN4O. The predicted molar refractivity (Wildman–Crippen MR) is 61.4 cm³/mol. The first-order chi connectivity index (χ1) is 7.63. The van der Waals surface area contributed by atoms with Gasteiger partial charge in [0.15, 0.2) is 5.15 Å². The van der Waals surface area contributed by atoms with Crippen LogP contribution < -0.4 is 5.73 Å². The van der Waals surface area contributed by atoms with Crippen LogP contribution in [0, 0.1) is 6.92 Å². The second-order valence-corrected chi connectivity index (χ2v) is 4.04. The second-order valence-electron chi connectivity index (χ2n) is 3.68. The van der Waals surface area contributed by atoms with E-state index in [-0.39, 0.29) is 5.15 Å². The number of halogens is 1. The molecule has 16 heavy (non-hydrogen) atoms. The topological polar surface area (TPSA) is 76.4 Å². The number of rotatable bonds is 3. The number of aliphatic hydroxyl groups excluding tert-OH is 1. The summed E-state index contributed by atoms with van der Waals surface area (Å²) in [7, 11) is 0. The zero-order valence-corrected chi connectivity index (χ0v) is 9.65. The minimum Gasteiger partial charge on any atom is -0.387 e. The lowest BCUT2D eigenvalue weighted by Gasteiger charge is -2.09. The highest BCUT2D eigenvalue weighted by molar-refractivity contribution is 6.30. The summed E-state index contributed by atoms with van der Waals surface area (Å²) in [5, 5.41) is 10.2. The number of aryl methyl sites for hydroxylation is 1. The van der Waals surface area contributed by atoms with Crippen molar-refractivity contribution in [2.45, 2.75) is 19.4 Å². The normalized spacial score (nSPS) is 13.2. The van der Waals surface area contributed by atoms with Gasteiger partial charge in [-0.05, 0) is 25.5 Å². The third-order valence-corrected chi connectivity index (χ3v) is 2.63. The summed E-state index contributed by atoms with van der Waals surface area (Å²) in [5.41, 5.74) is 6.94. The van der Waals surface area contributed by atoms with Gasteiger partial charge in [-0.1, -0.05) is 11.6 Å². The Hall–Kier alpha value is -1.17. The van der Waals surface area contributed by atoms with Gasteiger partial charge < -0.3 is 10.8 Å². The molecule has 86 valence electrons. The first-order valence-corrected chi connectivity index (χ1v) is 5.39. The molecule has 0 saturated carbocycles. The Kier molecular flexibility index (Phi) is 3.09. The summed E-state index contributed by atoms with van der Waals surface area (Å²) < 4.78 is 1.71. The lowest BCUT2D eigenvalue weighted by molar-refractivity contribution is 0.164. The van der Waals surface area contributed by atoms with Crippen molar-refractivity contribution >= 4 is 17.4 Å². The van der Waals surface area contributed by atoms with Gasteiger partial charge in [-0.2, -0.15) is 4.98 Å². The highest BCUT2D eigenvalue weighted by atomic mass is 35.5. The highest BCUT2D eigenvalue weighted by Gasteiger charge is 2.18. The van der Waals surface area contributed by atoms with Gasteiger partial charge in [-0.15, -0.1) is 0 Å². The summed E-state index contributed by atoms with van der Waals surface area (Å²) >= 11 is 5.98. The molecule has 0 fully saturated rings. The zero-order chi connectivity index (χ0) is 11.7. The number of nitrogens with zero attached hydrogens (tertiary/aromatic N) is 3. The summed E-state index contributed by atoms with van der Waals surface area (Å²) in [6, 6.07) is 0. The monoisotopic (exact) mass is 240 g/mol. The Morgan fingerprint density at radius 3 is 3.06 bits per heavy atom. The van der Waals surface area contributed by atoms with Crippen LogP contribution >= 0.6 is 11.6 Å². The predicted octanol–water partition coefficient (Wildman–Crippen LogP) is 1.07. The van der Waals surface area contributed by atoms with Crippen molar-refractivity contribution in [3.8, 4) is 0 Å². The van der Waals surface area contributed by atoms with Crippen LogP contribution in [0.2, 0.25) is 5.15 Å². The number of nitrogens with two attached hydrogens (primary N) is 1. The Balaban J connectivity index is 2.58. The molecule has 0 radical (unpaired) electrons. The van der Waals surface area contributed by atoms with Gasteiger partial charge in [0.25, 0.3) is 0 Å². The van der Waals surface area contributed by atoms with E-state index in [0.29, 0.717) is 24.4 Å². The molecule has 2 aromatic rings. The Labute approximate surface area is 97.9 Å². The summed E-state index contributed by atoms with van der Waals surface area (Å²) in [6.07, 6.45) is 3.28. The lowest BCUT2D eigenvalue weighted by atomic mass is 10.2. The third-order valence-electron chi connectivity index (χ3n) is 2.36. The number of aromatic nitrogens is 3. The van der Waals surface area contributed by atoms with E-state index in [2.05, 4.69) is 9.97 Å². The molecule has 0 amide bonds. The van der Waals surface area contributed by atoms with Crippen molar-refractivity contribution in [2.24, 2.45) is 5.73 Å². The van der Waals surface area contributed by atoms with Crippen LogP contribution in [0.15, 0.2) is 12.4 Å². The molecule has 1 atom stereocenters. The molecule has 0 aliphatic heterocycles. The number of fused-ring (bicyclic) bond motifs is 1. The van der Waals surface area contributed by atoms with Crippen LogP contribution in [0.4, 0.5) is 0 Å². The first-order valence-electron chi connectivity index (χ1n) is 5.01. The Bertz CT molecular complexity index is 511. The number of hydrogen-bond donors (Lipinski definition) is 2. The fourth-order valence-corrected chi connectivity index (χ4v) is 1.91. The maximum atomic E-state index is 9.93. The Morgan fingerprint density at radius 1 is 1.62 bits per heavy atom. The van der Waals surface area contributed by atoms with Gasteiger partial charge in [0.05, 0.1) is 11.8 Å². The minimum atomic E-state index is -0.712. The largest absolute Gasteiger partial charge is 0.387 e. The molecule has 0 saturated heterocycles. The summed E-state index contributed by atoms with van der Waals surface area (Å²) in [5.74, 6) is 0.488.